The third-order valence-electron chi connectivity index (χ3n) is 8.05. The molecule has 6 rings (SSSR count). The Hall–Kier alpha value is -3.15. The van der Waals surface area contributed by atoms with Gasteiger partial charge in [-0.15, -0.1) is 0 Å². The van der Waals surface area contributed by atoms with Crippen molar-refractivity contribution in [2.45, 2.75) is 37.1 Å². The van der Waals surface area contributed by atoms with Crippen molar-refractivity contribution >= 4 is 51.5 Å². The van der Waals surface area contributed by atoms with Gasteiger partial charge in [0, 0.05) is 23.3 Å². The van der Waals surface area contributed by atoms with Crippen LogP contribution in [-0.2, 0) is 14.3 Å². The fraction of sp³-hybridized carbons (Fsp3) is 0.321. The molecule has 3 heterocycles. The molecule has 0 aliphatic carbocycles. The zero-order valence-corrected chi connectivity index (χ0v) is 21.3. The predicted octanol–water partition coefficient (Wildman–Crippen LogP) is 4.89. The maximum atomic E-state index is 13.9. The number of carbonyl (C=O) groups excluding carboxylic acids is 2. The van der Waals surface area contributed by atoms with Gasteiger partial charge in [0.2, 0.25) is 11.8 Å². The highest BCUT2D eigenvalue weighted by Crippen LogP contribution is 2.62. The second-order valence-corrected chi connectivity index (χ2v) is 10.8. The van der Waals surface area contributed by atoms with Crippen molar-refractivity contribution in [2.75, 3.05) is 11.5 Å². The number of nitrogens with zero attached hydrogens (tertiary/aromatic N) is 2. The van der Waals surface area contributed by atoms with E-state index in [2.05, 4.69) is 6.07 Å². The minimum Gasteiger partial charge on any atom is -0.492 e. The summed E-state index contributed by atoms with van der Waals surface area (Å²) in [6.07, 6.45) is -0.482. The first kappa shape index (κ1) is 24.2. The minimum atomic E-state index is -1.23. The standard InChI is InChI=1S/C28H22Cl2N2O5/c1-27-22(33)13-28(37-27,10-11-36-21-9-7-16(29)12-19(21)30)24-23(27)25(34)32(26(24)35)20-8-6-15-4-2-3-5-17(15)18(20)14-31/h2-9,12,22-24,33H,10-11,13H2,1H3. The van der Waals surface area contributed by atoms with Gasteiger partial charge in [0.25, 0.3) is 0 Å². The minimum absolute atomic E-state index is 0.147. The lowest BCUT2D eigenvalue weighted by Crippen LogP contribution is -2.49. The molecule has 0 aromatic heterocycles. The smallest absolute Gasteiger partial charge is 0.240 e. The number of carbonyl (C=O) groups is 2. The normalized spacial score (nSPS) is 30.1. The SMILES string of the molecule is CC12OC(CCOc3ccc(Cl)cc3Cl)(CC1O)C1C(=O)N(c3ccc4ccccc4c3C#N)C(=O)C12. The number of halogens is 2. The number of benzene rings is 3. The summed E-state index contributed by atoms with van der Waals surface area (Å²) in [4.78, 5) is 28.8. The number of aliphatic hydroxyl groups excluding tert-OH is 1. The largest absolute Gasteiger partial charge is 0.492 e. The molecule has 3 aromatic carbocycles. The molecule has 0 saturated carbocycles. The number of hydrogen-bond donors (Lipinski definition) is 1. The molecule has 2 amide bonds. The van der Waals surface area contributed by atoms with E-state index in [9.17, 15) is 20.0 Å². The molecule has 7 nitrogen and oxygen atoms in total. The maximum Gasteiger partial charge on any atom is 0.240 e. The van der Waals surface area contributed by atoms with Crippen LogP contribution in [0.2, 0.25) is 10.0 Å². The first-order valence-electron chi connectivity index (χ1n) is 12.0. The third-order valence-corrected chi connectivity index (χ3v) is 8.58. The summed E-state index contributed by atoms with van der Waals surface area (Å²) in [5, 5.41) is 23.3. The number of ether oxygens (including phenoxy) is 2. The number of hydrogen-bond acceptors (Lipinski definition) is 6. The molecule has 37 heavy (non-hydrogen) atoms. The summed E-state index contributed by atoms with van der Waals surface area (Å²) in [5.41, 5.74) is -1.81. The van der Waals surface area contributed by atoms with Crippen LogP contribution in [0.5, 0.6) is 5.75 Å². The number of aliphatic hydroxyl groups is 1. The van der Waals surface area contributed by atoms with E-state index in [1.807, 2.05) is 18.2 Å². The first-order chi connectivity index (χ1) is 17.7. The van der Waals surface area contributed by atoms with E-state index in [-0.39, 0.29) is 30.7 Å². The Kier molecular flexibility index (Phi) is 5.52. The number of amides is 2. The summed E-state index contributed by atoms with van der Waals surface area (Å²) in [7, 11) is 0. The van der Waals surface area contributed by atoms with Gasteiger partial charge >= 0.3 is 0 Å². The van der Waals surface area contributed by atoms with Gasteiger partial charge in [-0.2, -0.15) is 5.26 Å². The molecule has 1 N–H and O–H groups in total. The molecular formula is C28H22Cl2N2O5. The average Bonchev–Trinajstić information content (AvgIpc) is 3.40. The van der Waals surface area contributed by atoms with Crippen molar-refractivity contribution in [1.29, 1.82) is 5.26 Å². The molecule has 5 atom stereocenters. The van der Waals surface area contributed by atoms with E-state index in [4.69, 9.17) is 32.7 Å². The van der Waals surface area contributed by atoms with Gasteiger partial charge in [-0.1, -0.05) is 53.5 Å². The second-order valence-electron chi connectivity index (χ2n) is 10.0. The highest BCUT2D eigenvalue weighted by atomic mass is 35.5. The number of nitriles is 1. The van der Waals surface area contributed by atoms with Crippen LogP contribution in [0.25, 0.3) is 10.8 Å². The van der Waals surface area contributed by atoms with E-state index in [0.717, 1.165) is 10.3 Å². The zero-order chi connectivity index (χ0) is 26.1. The monoisotopic (exact) mass is 536 g/mol. The molecule has 3 aromatic rings. The Morgan fingerprint density at radius 1 is 1.14 bits per heavy atom. The molecule has 5 unspecified atom stereocenters. The van der Waals surface area contributed by atoms with Crippen molar-refractivity contribution < 1.29 is 24.2 Å². The quantitative estimate of drug-likeness (QED) is 0.466. The molecule has 188 valence electrons. The molecule has 0 spiro atoms. The van der Waals surface area contributed by atoms with Gasteiger partial charge in [-0.3, -0.25) is 9.59 Å². The van der Waals surface area contributed by atoms with Crippen LogP contribution >= 0.6 is 23.2 Å². The average molecular weight is 537 g/mol. The topological polar surface area (TPSA) is 99.9 Å². The molecule has 3 fully saturated rings. The predicted molar refractivity (Wildman–Crippen MR) is 138 cm³/mol. The zero-order valence-electron chi connectivity index (χ0n) is 19.8. The fourth-order valence-electron chi connectivity index (χ4n) is 6.35. The molecule has 9 heteroatoms. The van der Waals surface area contributed by atoms with Gasteiger partial charge in [0.05, 0.1) is 46.4 Å². The van der Waals surface area contributed by atoms with Crippen LogP contribution < -0.4 is 9.64 Å². The number of imide groups is 1. The Morgan fingerprint density at radius 2 is 1.89 bits per heavy atom. The Labute approximate surface area is 223 Å². The second kappa shape index (κ2) is 8.44. The van der Waals surface area contributed by atoms with Gasteiger partial charge in [0.1, 0.15) is 17.4 Å². The molecule has 3 saturated heterocycles. The lowest BCUT2D eigenvalue weighted by Gasteiger charge is -2.33. The van der Waals surface area contributed by atoms with E-state index in [0.29, 0.717) is 21.2 Å². The van der Waals surface area contributed by atoms with E-state index in [1.54, 1.807) is 43.3 Å². The highest BCUT2D eigenvalue weighted by Gasteiger charge is 2.77. The van der Waals surface area contributed by atoms with Crippen LogP contribution in [0, 0.1) is 23.2 Å². The third kappa shape index (κ3) is 3.40. The van der Waals surface area contributed by atoms with Crippen molar-refractivity contribution in [2.24, 2.45) is 11.8 Å². The molecule has 3 aliphatic heterocycles. The Bertz CT molecular complexity index is 1520. The van der Waals surface area contributed by atoms with Crippen LogP contribution in [-0.4, -0.2) is 40.8 Å². The Balaban J connectivity index is 1.35. The van der Waals surface area contributed by atoms with E-state index >= 15 is 0 Å². The molecule has 0 radical (unpaired) electrons. The fourth-order valence-corrected chi connectivity index (χ4v) is 6.81. The molecule has 2 bridgehead atoms. The number of rotatable bonds is 5. The summed E-state index contributed by atoms with van der Waals surface area (Å²) in [6.45, 7) is 1.83. The van der Waals surface area contributed by atoms with E-state index in [1.165, 1.54) is 0 Å². The lowest BCUT2D eigenvalue weighted by atomic mass is 9.66. The first-order valence-corrected chi connectivity index (χ1v) is 12.7. The van der Waals surface area contributed by atoms with Gasteiger partial charge < -0.3 is 14.6 Å². The van der Waals surface area contributed by atoms with Crippen molar-refractivity contribution in [1.82, 2.24) is 0 Å². The summed E-state index contributed by atoms with van der Waals surface area (Å²) in [6, 6.07) is 17.8. The maximum absolute atomic E-state index is 13.9. The van der Waals surface area contributed by atoms with Crippen molar-refractivity contribution in [3.8, 4) is 11.8 Å². The van der Waals surface area contributed by atoms with Crippen molar-refractivity contribution in [3.63, 3.8) is 0 Å². The van der Waals surface area contributed by atoms with Gasteiger partial charge in [-0.25, -0.2) is 4.90 Å². The van der Waals surface area contributed by atoms with Gasteiger partial charge in [0.15, 0.2) is 0 Å². The van der Waals surface area contributed by atoms with Crippen LogP contribution in [0.1, 0.15) is 25.3 Å². The van der Waals surface area contributed by atoms with Gasteiger partial charge in [-0.05, 0) is 36.6 Å². The van der Waals surface area contributed by atoms with E-state index < -0.39 is 41.0 Å². The summed E-state index contributed by atoms with van der Waals surface area (Å²) >= 11 is 12.2. The van der Waals surface area contributed by atoms with Crippen LogP contribution in [0.4, 0.5) is 5.69 Å². The van der Waals surface area contributed by atoms with Crippen LogP contribution in [0.15, 0.2) is 54.6 Å². The molecular weight excluding hydrogens is 515 g/mol. The Morgan fingerprint density at radius 3 is 2.65 bits per heavy atom. The van der Waals surface area contributed by atoms with Crippen LogP contribution in [0.3, 0.4) is 0 Å². The number of fused-ring (bicyclic) bond motifs is 6. The number of anilines is 1. The molecule has 3 aliphatic rings. The highest BCUT2D eigenvalue weighted by molar-refractivity contribution is 6.35. The lowest BCUT2D eigenvalue weighted by molar-refractivity contribution is -0.134. The summed E-state index contributed by atoms with van der Waals surface area (Å²) in [5.74, 6) is -2.14. The summed E-state index contributed by atoms with van der Waals surface area (Å²) < 4.78 is 12.2. The van der Waals surface area contributed by atoms with Crippen molar-refractivity contribution in [3.05, 3.63) is 70.2 Å².